The first-order valence-corrected chi connectivity index (χ1v) is 8.13. The summed E-state index contributed by atoms with van der Waals surface area (Å²) in [5.41, 5.74) is 1.78. The van der Waals surface area contributed by atoms with Gasteiger partial charge < -0.3 is 9.30 Å². The summed E-state index contributed by atoms with van der Waals surface area (Å²) in [5.74, 6) is -0.381. The van der Waals surface area contributed by atoms with Crippen LogP contribution in [0, 0.1) is 19.7 Å². The van der Waals surface area contributed by atoms with Gasteiger partial charge in [0, 0.05) is 12.4 Å². The molecule has 0 bridgehead atoms. The van der Waals surface area contributed by atoms with Gasteiger partial charge >= 0.3 is 11.1 Å². The molecule has 5 nitrogen and oxygen atoms in total. The number of aryl methyl sites for hydroxylation is 2. The summed E-state index contributed by atoms with van der Waals surface area (Å²) in [4.78, 5) is 25.1. The average Bonchev–Trinajstić information content (AvgIpc) is 2.61. The third-order valence-corrected chi connectivity index (χ3v) is 4.31. The van der Waals surface area contributed by atoms with Gasteiger partial charge in [0.15, 0.2) is 11.6 Å². The number of nitrogens with zero attached hydrogens (tertiary/aromatic N) is 2. The summed E-state index contributed by atoms with van der Waals surface area (Å²) in [5, 5.41) is 0. The van der Waals surface area contributed by atoms with Crippen LogP contribution in [0.3, 0.4) is 0 Å². The van der Waals surface area contributed by atoms with Gasteiger partial charge in [0.1, 0.15) is 0 Å². The molecule has 0 aliphatic rings. The molecule has 134 valence electrons. The zero-order chi connectivity index (χ0) is 18.8. The second-order valence-electron chi connectivity index (χ2n) is 6.12. The highest BCUT2D eigenvalue weighted by Gasteiger charge is 2.12. The minimum Gasteiger partial charge on any atom is -0.494 e. The van der Waals surface area contributed by atoms with Crippen LogP contribution < -0.4 is 15.9 Å². The lowest BCUT2D eigenvalue weighted by molar-refractivity contribution is 0.386. The van der Waals surface area contributed by atoms with Crippen molar-refractivity contribution in [2.45, 2.75) is 20.4 Å². The molecule has 0 atom stereocenters. The number of hydrogen-bond acceptors (Lipinski definition) is 3. The molecule has 26 heavy (non-hydrogen) atoms. The fourth-order valence-corrected chi connectivity index (χ4v) is 3.00. The Hall–Kier alpha value is -3.15. The first-order valence-electron chi connectivity index (χ1n) is 8.13. The van der Waals surface area contributed by atoms with Gasteiger partial charge in [-0.3, -0.25) is 14.2 Å². The van der Waals surface area contributed by atoms with Gasteiger partial charge in [-0.2, -0.15) is 0 Å². The minimum absolute atomic E-state index is 0.0998. The van der Waals surface area contributed by atoms with Crippen molar-refractivity contribution in [3.05, 3.63) is 92.0 Å². The molecular formula is C20H19FN2O3. The van der Waals surface area contributed by atoms with Crippen LogP contribution in [0.2, 0.25) is 0 Å². The zero-order valence-corrected chi connectivity index (χ0v) is 14.8. The molecule has 1 heterocycles. The second kappa shape index (κ2) is 7.00. The zero-order valence-electron chi connectivity index (χ0n) is 14.8. The maximum atomic E-state index is 13.8. The molecule has 2 aromatic carbocycles. The van der Waals surface area contributed by atoms with Crippen molar-refractivity contribution in [1.82, 2.24) is 9.13 Å². The summed E-state index contributed by atoms with van der Waals surface area (Å²) in [7, 11) is 1.38. The van der Waals surface area contributed by atoms with Crippen molar-refractivity contribution in [3.63, 3.8) is 0 Å². The van der Waals surface area contributed by atoms with E-state index in [4.69, 9.17) is 4.74 Å². The Morgan fingerprint density at radius 1 is 1.00 bits per heavy atom. The number of methoxy groups -OCH3 is 1. The lowest BCUT2D eigenvalue weighted by atomic mass is 10.1. The van der Waals surface area contributed by atoms with Crippen molar-refractivity contribution in [2.24, 2.45) is 0 Å². The lowest BCUT2D eigenvalue weighted by Crippen LogP contribution is -2.40. The van der Waals surface area contributed by atoms with Crippen molar-refractivity contribution < 1.29 is 9.13 Å². The van der Waals surface area contributed by atoms with Crippen LogP contribution >= 0.6 is 0 Å². The summed E-state index contributed by atoms with van der Waals surface area (Å²) in [6, 6.07) is 10.1. The molecule has 0 spiro atoms. The topological polar surface area (TPSA) is 53.2 Å². The van der Waals surface area contributed by atoms with E-state index in [1.807, 2.05) is 32.0 Å². The first-order chi connectivity index (χ1) is 12.4. The molecule has 0 aliphatic heterocycles. The van der Waals surface area contributed by atoms with E-state index in [1.54, 1.807) is 12.3 Å². The van der Waals surface area contributed by atoms with E-state index in [0.717, 1.165) is 11.1 Å². The summed E-state index contributed by atoms with van der Waals surface area (Å²) >= 11 is 0. The van der Waals surface area contributed by atoms with Gasteiger partial charge in [-0.05, 0) is 42.7 Å². The summed E-state index contributed by atoms with van der Waals surface area (Å²) < 4.78 is 21.3. The molecule has 1 aromatic heterocycles. The van der Waals surface area contributed by atoms with E-state index in [9.17, 15) is 14.0 Å². The standard InChI is InChI=1S/C20H19FN2O3/c1-13-5-4-6-14(2)18(13)23-10-9-22(19(24)20(23)25)12-15-7-8-17(26-3)16(21)11-15/h4-11H,12H2,1-3H3. The Labute approximate surface area is 149 Å². The van der Waals surface area contributed by atoms with Crippen LogP contribution in [0.25, 0.3) is 5.69 Å². The number of para-hydroxylation sites is 1. The summed E-state index contributed by atoms with van der Waals surface area (Å²) in [6.07, 6.45) is 3.11. The van der Waals surface area contributed by atoms with Gasteiger partial charge in [-0.1, -0.05) is 24.3 Å². The molecule has 0 unspecified atom stereocenters. The van der Waals surface area contributed by atoms with E-state index < -0.39 is 16.9 Å². The highest BCUT2D eigenvalue weighted by Crippen LogP contribution is 2.18. The third kappa shape index (κ3) is 3.18. The quantitative estimate of drug-likeness (QED) is 0.677. The van der Waals surface area contributed by atoms with Gasteiger partial charge in [0.05, 0.1) is 19.3 Å². The molecule has 0 N–H and O–H groups in total. The smallest absolute Gasteiger partial charge is 0.321 e. The van der Waals surface area contributed by atoms with Crippen molar-refractivity contribution in [2.75, 3.05) is 7.11 Å². The van der Waals surface area contributed by atoms with E-state index in [2.05, 4.69) is 0 Å². The molecule has 0 saturated heterocycles. The number of halogens is 1. The fourth-order valence-electron chi connectivity index (χ4n) is 3.00. The van der Waals surface area contributed by atoms with Gasteiger partial charge in [0.2, 0.25) is 0 Å². The maximum absolute atomic E-state index is 13.8. The highest BCUT2D eigenvalue weighted by molar-refractivity contribution is 5.46. The van der Waals surface area contributed by atoms with Gasteiger partial charge in [0.25, 0.3) is 0 Å². The summed E-state index contributed by atoms with van der Waals surface area (Å²) in [6.45, 7) is 3.88. The molecule has 0 saturated carbocycles. The Kier molecular flexibility index (Phi) is 4.75. The van der Waals surface area contributed by atoms with E-state index >= 15 is 0 Å². The molecule has 0 radical (unpaired) electrons. The van der Waals surface area contributed by atoms with Crippen molar-refractivity contribution in [3.8, 4) is 11.4 Å². The normalized spacial score (nSPS) is 10.8. The van der Waals surface area contributed by atoms with Crippen LogP contribution in [0.5, 0.6) is 5.75 Å². The van der Waals surface area contributed by atoms with Crippen LogP contribution in [-0.4, -0.2) is 16.2 Å². The van der Waals surface area contributed by atoms with E-state index in [1.165, 1.54) is 34.6 Å². The van der Waals surface area contributed by atoms with Gasteiger partial charge in [-0.25, -0.2) is 4.39 Å². The fraction of sp³-hybridized carbons (Fsp3) is 0.200. The van der Waals surface area contributed by atoms with Crippen molar-refractivity contribution in [1.29, 1.82) is 0 Å². The predicted molar refractivity (Wildman–Crippen MR) is 97.8 cm³/mol. The second-order valence-corrected chi connectivity index (χ2v) is 6.12. The molecule has 0 fully saturated rings. The molecule has 3 rings (SSSR count). The molecule has 3 aromatic rings. The van der Waals surface area contributed by atoms with Crippen molar-refractivity contribution >= 4 is 0 Å². The lowest BCUT2D eigenvalue weighted by Gasteiger charge is -2.13. The maximum Gasteiger partial charge on any atom is 0.321 e. The first kappa shape index (κ1) is 17.7. The Balaban J connectivity index is 2.02. The minimum atomic E-state index is -0.661. The van der Waals surface area contributed by atoms with E-state index in [-0.39, 0.29) is 12.3 Å². The van der Waals surface area contributed by atoms with Crippen LogP contribution in [0.15, 0.2) is 58.4 Å². The van der Waals surface area contributed by atoms with Gasteiger partial charge in [-0.15, -0.1) is 0 Å². The third-order valence-electron chi connectivity index (χ3n) is 4.31. The number of ether oxygens (including phenoxy) is 1. The molecular weight excluding hydrogens is 335 g/mol. The number of aromatic nitrogens is 2. The predicted octanol–water partition coefficient (Wildman–Crippen LogP) is 2.81. The molecule has 0 amide bonds. The van der Waals surface area contributed by atoms with Crippen LogP contribution in [-0.2, 0) is 6.54 Å². The van der Waals surface area contributed by atoms with Crippen LogP contribution in [0.1, 0.15) is 16.7 Å². The molecule has 0 aliphatic carbocycles. The monoisotopic (exact) mass is 354 g/mol. The average molecular weight is 354 g/mol. The Morgan fingerprint density at radius 3 is 2.31 bits per heavy atom. The Morgan fingerprint density at radius 2 is 1.69 bits per heavy atom. The van der Waals surface area contributed by atoms with E-state index in [0.29, 0.717) is 11.3 Å². The Bertz CT molecular complexity index is 1060. The van der Waals surface area contributed by atoms with Crippen LogP contribution in [0.4, 0.5) is 4.39 Å². The SMILES string of the molecule is COc1ccc(Cn2ccn(-c3c(C)cccc3C)c(=O)c2=O)cc1F. The number of hydrogen-bond donors (Lipinski definition) is 0. The number of rotatable bonds is 4. The largest absolute Gasteiger partial charge is 0.494 e. The molecule has 6 heteroatoms. The highest BCUT2D eigenvalue weighted by atomic mass is 19.1. The number of benzene rings is 2.